The Morgan fingerprint density at radius 2 is 2.24 bits per heavy atom. The van der Waals surface area contributed by atoms with E-state index < -0.39 is 0 Å². The summed E-state index contributed by atoms with van der Waals surface area (Å²) in [5.41, 5.74) is 6.92. The molecule has 0 saturated carbocycles. The Bertz CT molecular complexity index is 513. The van der Waals surface area contributed by atoms with Gasteiger partial charge in [0.1, 0.15) is 10.8 Å². The van der Waals surface area contributed by atoms with Gasteiger partial charge in [0, 0.05) is 12.3 Å². The molecule has 6 heteroatoms. The van der Waals surface area contributed by atoms with Crippen molar-refractivity contribution in [2.45, 2.75) is 23.6 Å². The zero-order chi connectivity index (χ0) is 12.3. The summed E-state index contributed by atoms with van der Waals surface area (Å²) in [5, 5.41) is 8.82. The van der Waals surface area contributed by atoms with Crippen molar-refractivity contribution < 1.29 is 4.39 Å². The zero-order valence-corrected chi connectivity index (χ0v) is 10.9. The molecule has 0 spiro atoms. The largest absolute Gasteiger partial charge is 0.326 e. The summed E-state index contributed by atoms with van der Waals surface area (Å²) < 4.78 is 14.5. The second-order valence-corrected chi connectivity index (χ2v) is 5.91. The molecule has 3 nitrogen and oxygen atoms in total. The van der Waals surface area contributed by atoms with Crippen LogP contribution in [-0.4, -0.2) is 10.2 Å². The van der Waals surface area contributed by atoms with E-state index in [4.69, 9.17) is 5.73 Å². The molecule has 0 aliphatic rings. The summed E-state index contributed by atoms with van der Waals surface area (Å²) in [6.45, 7) is 2.26. The van der Waals surface area contributed by atoms with Gasteiger partial charge < -0.3 is 5.73 Å². The molecule has 1 heterocycles. The molecule has 2 rings (SSSR count). The lowest BCUT2D eigenvalue weighted by molar-refractivity contribution is 0.615. The summed E-state index contributed by atoms with van der Waals surface area (Å²) in [4.78, 5) is 0. The summed E-state index contributed by atoms with van der Waals surface area (Å²) >= 11 is 3.01. The number of rotatable bonds is 4. The van der Waals surface area contributed by atoms with Gasteiger partial charge in [-0.2, -0.15) is 0 Å². The van der Waals surface area contributed by atoms with E-state index in [-0.39, 0.29) is 5.82 Å². The van der Waals surface area contributed by atoms with Crippen molar-refractivity contribution in [3.63, 3.8) is 0 Å². The first-order valence-electron chi connectivity index (χ1n) is 5.09. The van der Waals surface area contributed by atoms with Crippen molar-refractivity contribution >= 4 is 23.1 Å². The van der Waals surface area contributed by atoms with E-state index in [9.17, 15) is 4.39 Å². The number of benzene rings is 1. The maximum atomic E-state index is 13.6. The van der Waals surface area contributed by atoms with Gasteiger partial charge >= 0.3 is 0 Å². The van der Waals surface area contributed by atoms with Crippen LogP contribution in [0.15, 0.2) is 22.5 Å². The Morgan fingerprint density at radius 3 is 2.82 bits per heavy atom. The second-order valence-electron chi connectivity index (χ2n) is 3.51. The molecule has 0 radical (unpaired) electrons. The van der Waals surface area contributed by atoms with Gasteiger partial charge in [-0.25, -0.2) is 4.39 Å². The summed E-state index contributed by atoms with van der Waals surface area (Å²) in [7, 11) is 0. The molecule has 1 aromatic carbocycles. The van der Waals surface area contributed by atoms with Crippen LogP contribution in [0.3, 0.4) is 0 Å². The Labute approximate surface area is 107 Å². The number of aryl methyl sites for hydroxylation is 1. The SMILES string of the molecule is Cc1nnc(SCc2ccc(CN)cc2F)s1. The predicted octanol–water partition coefficient (Wildman–Crippen LogP) is 2.74. The number of hydrogen-bond acceptors (Lipinski definition) is 5. The lowest BCUT2D eigenvalue weighted by Gasteiger charge is -2.03. The van der Waals surface area contributed by atoms with Crippen LogP contribution in [-0.2, 0) is 12.3 Å². The molecule has 0 aliphatic carbocycles. The fourth-order valence-corrected chi connectivity index (χ4v) is 3.11. The van der Waals surface area contributed by atoms with Crippen molar-refractivity contribution in [3.8, 4) is 0 Å². The van der Waals surface area contributed by atoms with Gasteiger partial charge in [0.15, 0.2) is 4.34 Å². The van der Waals surface area contributed by atoms with Gasteiger partial charge in [0.05, 0.1) is 0 Å². The third kappa shape index (κ3) is 3.24. The molecule has 90 valence electrons. The lowest BCUT2D eigenvalue weighted by atomic mass is 10.1. The average Bonchev–Trinajstić information content (AvgIpc) is 2.73. The highest BCUT2D eigenvalue weighted by Crippen LogP contribution is 2.26. The molecule has 0 fully saturated rings. The van der Waals surface area contributed by atoms with Gasteiger partial charge in [0.2, 0.25) is 0 Å². The van der Waals surface area contributed by atoms with Crippen molar-refractivity contribution in [1.29, 1.82) is 0 Å². The van der Waals surface area contributed by atoms with Crippen LogP contribution < -0.4 is 5.73 Å². The van der Waals surface area contributed by atoms with Gasteiger partial charge in [0.25, 0.3) is 0 Å². The maximum absolute atomic E-state index is 13.6. The molecule has 0 unspecified atom stereocenters. The zero-order valence-electron chi connectivity index (χ0n) is 9.31. The Hall–Kier alpha value is -0.980. The van der Waals surface area contributed by atoms with Crippen LogP contribution in [0.5, 0.6) is 0 Å². The molecule has 2 aromatic rings. The molecule has 0 aliphatic heterocycles. The summed E-state index contributed by atoms with van der Waals surface area (Å²) in [5.74, 6) is 0.354. The minimum absolute atomic E-state index is 0.207. The van der Waals surface area contributed by atoms with Crippen molar-refractivity contribution in [2.24, 2.45) is 5.73 Å². The Kier molecular flexibility index (Phi) is 4.09. The minimum atomic E-state index is -0.207. The lowest BCUT2D eigenvalue weighted by Crippen LogP contribution is -1.98. The third-order valence-corrected chi connectivity index (χ3v) is 4.23. The highest BCUT2D eigenvalue weighted by atomic mass is 32.2. The molecule has 0 atom stereocenters. The van der Waals surface area contributed by atoms with Crippen LogP contribution in [0.2, 0.25) is 0 Å². The smallest absolute Gasteiger partial charge is 0.174 e. The van der Waals surface area contributed by atoms with Crippen LogP contribution in [0.1, 0.15) is 16.1 Å². The molecule has 0 amide bonds. The molecule has 0 bridgehead atoms. The second kappa shape index (κ2) is 5.57. The number of hydrogen-bond donors (Lipinski definition) is 1. The number of nitrogens with two attached hydrogens (primary N) is 1. The van der Waals surface area contributed by atoms with Crippen LogP contribution in [0.25, 0.3) is 0 Å². The van der Waals surface area contributed by atoms with E-state index in [1.165, 1.54) is 29.2 Å². The van der Waals surface area contributed by atoms with Crippen molar-refractivity contribution in [2.75, 3.05) is 0 Å². The third-order valence-electron chi connectivity index (χ3n) is 2.21. The molecule has 17 heavy (non-hydrogen) atoms. The molecule has 1 aromatic heterocycles. The first-order valence-corrected chi connectivity index (χ1v) is 6.89. The molecule has 0 saturated heterocycles. The normalized spacial score (nSPS) is 10.8. The highest BCUT2D eigenvalue weighted by molar-refractivity contribution is 8.00. The number of halogens is 1. The van der Waals surface area contributed by atoms with Crippen molar-refractivity contribution in [3.05, 3.63) is 40.2 Å². The minimum Gasteiger partial charge on any atom is -0.326 e. The van der Waals surface area contributed by atoms with Crippen molar-refractivity contribution in [1.82, 2.24) is 10.2 Å². The van der Waals surface area contributed by atoms with Crippen LogP contribution >= 0.6 is 23.1 Å². The summed E-state index contributed by atoms with van der Waals surface area (Å²) in [6, 6.07) is 5.12. The fourth-order valence-electron chi connectivity index (χ4n) is 1.31. The number of aromatic nitrogens is 2. The first kappa shape index (κ1) is 12.5. The molecule has 2 N–H and O–H groups in total. The highest BCUT2D eigenvalue weighted by Gasteiger charge is 2.06. The van der Waals surface area contributed by atoms with Gasteiger partial charge in [-0.1, -0.05) is 35.2 Å². The van der Waals surface area contributed by atoms with Gasteiger partial charge in [-0.15, -0.1) is 10.2 Å². The first-order chi connectivity index (χ1) is 8.19. The van der Waals surface area contributed by atoms with E-state index >= 15 is 0 Å². The van der Waals surface area contributed by atoms with E-state index in [2.05, 4.69) is 10.2 Å². The monoisotopic (exact) mass is 269 g/mol. The fraction of sp³-hybridized carbons (Fsp3) is 0.273. The van der Waals surface area contributed by atoms with Crippen LogP contribution in [0.4, 0.5) is 4.39 Å². The Balaban J connectivity index is 2.04. The predicted molar refractivity (Wildman–Crippen MR) is 68.5 cm³/mol. The van der Waals surface area contributed by atoms with Crippen LogP contribution in [0, 0.1) is 12.7 Å². The van der Waals surface area contributed by atoms with E-state index in [0.29, 0.717) is 17.9 Å². The molecular weight excluding hydrogens is 257 g/mol. The summed E-state index contributed by atoms with van der Waals surface area (Å²) in [6.07, 6.45) is 0. The standard InChI is InChI=1S/C11H12FN3S2/c1-7-14-15-11(17-7)16-6-9-3-2-8(5-13)4-10(9)12/h2-4H,5-6,13H2,1H3. The van der Waals surface area contributed by atoms with Gasteiger partial charge in [-0.3, -0.25) is 0 Å². The average molecular weight is 269 g/mol. The topological polar surface area (TPSA) is 51.8 Å². The Morgan fingerprint density at radius 1 is 1.41 bits per heavy atom. The van der Waals surface area contributed by atoms with E-state index in [1.54, 1.807) is 6.07 Å². The molecular formula is C11H12FN3S2. The van der Waals surface area contributed by atoms with E-state index in [1.807, 2.05) is 13.0 Å². The van der Waals surface area contributed by atoms with Gasteiger partial charge in [-0.05, 0) is 24.1 Å². The maximum Gasteiger partial charge on any atom is 0.174 e. The number of thioether (sulfide) groups is 1. The number of nitrogens with zero attached hydrogens (tertiary/aromatic N) is 2. The quantitative estimate of drug-likeness (QED) is 0.867. The van der Waals surface area contributed by atoms with E-state index in [0.717, 1.165) is 14.9 Å².